The van der Waals surface area contributed by atoms with Gasteiger partial charge in [-0.25, -0.2) is 0 Å². The molecule has 1 aliphatic heterocycles. The van der Waals surface area contributed by atoms with Crippen LogP contribution in [0.15, 0.2) is 0 Å². The standard InChI is InChI=1S/C10H19N/c1-3-4-6-9-10(11(9)2)7-5-8-10/h9H,3-8H2,1-2H3/t9-,11?/m0/s1. The highest BCUT2D eigenvalue weighted by Gasteiger charge is 2.62. The van der Waals surface area contributed by atoms with Gasteiger partial charge in [-0.05, 0) is 32.7 Å². The van der Waals surface area contributed by atoms with Crippen LogP contribution in [0.2, 0.25) is 0 Å². The maximum Gasteiger partial charge on any atom is 0.0365 e. The summed E-state index contributed by atoms with van der Waals surface area (Å²) in [7, 11) is 2.31. The number of unbranched alkanes of at least 4 members (excludes halogenated alkanes) is 1. The van der Waals surface area contributed by atoms with Gasteiger partial charge in [-0.3, -0.25) is 4.90 Å². The van der Waals surface area contributed by atoms with Crippen LogP contribution in [-0.2, 0) is 0 Å². The molecular formula is C10H19N. The molecular weight excluding hydrogens is 134 g/mol. The second kappa shape index (κ2) is 2.48. The zero-order valence-corrected chi connectivity index (χ0v) is 7.77. The van der Waals surface area contributed by atoms with E-state index < -0.39 is 0 Å². The van der Waals surface area contributed by atoms with Gasteiger partial charge in [0.1, 0.15) is 0 Å². The summed E-state index contributed by atoms with van der Waals surface area (Å²) in [6.45, 7) is 2.29. The van der Waals surface area contributed by atoms with E-state index in [1.807, 2.05) is 0 Å². The summed E-state index contributed by atoms with van der Waals surface area (Å²) in [5.74, 6) is 0. The zero-order chi connectivity index (χ0) is 7.90. The second-order valence-corrected chi connectivity index (χ2v) is 4.23. The highest BCUT2D eigenvalue weighted by molar-refractivity contribution is 5.19. The van der Waals surface area contributed by atoms with E-state index in [9.17, 15) is 0 Å². The highest BCUT2D eigenvalue weighted by Crippen LogP contribution is 2.55. The highest BCUT2D eigenvalue weighted by atomic mass is 15.4. The summed E-state index contributed by atoms with van der Waals surface area (Å²) in [6.07, 6.45) is 8.69. The van der Waals surface area contributed by atoms with Crippen molar-refractivity contribution in [3.05, 3.63) is 0 Å². The third-order valence-electron chi connectivity index (χ3n) is 3.77. The lowest BCUT2D eigenvalue weighted by Gasteiger charge is -2.26. The van der Waals surface area contributed by atoms with E-state index in [0.717, 1.165) is 11.6 Å². The average Bonchev–Trinajstić information content (AvgIpc) is 2.51. The number of rotatable bonds is 3. The molecule has 0 bridgehead atoms. The fraction of sp³-hybridized carbons (Fsp3) is 1.00. The predicted octanol–water partition coefficient (Wildman–Crippen LogP) is 2.41. The summed E-state index contributed by atoms with van der Waals surface area (Å²) in [5.41, 5.74) is 0.731. The largest absolute Gasteiger partial charge is 0.294 e. The quantitative estimate of drug-likeness (QED) is 0.563. The molecule has 0 aromatic heterocycles. The van der Waals surface area contributed by atoms with Gasteiger partial charge in [0.2, 0.25) is 0 Å². The van der Waals surface area contributed by atoms with Gasteiger partial charge >= 0.3 is 0 Å². The first-order valence-electron chi connectivity index (χ1n) is 5.04. The van der Waals surface area contributed by atoms with Crippen LogP contribution in [0.4, 0.5) is 0 Å². The van der Waals surface area contributed by atoms with Crippen molar-refractivity contribution in [1.82, 2.24) is 4.90 Å². The maximum atomic E-state index is 2.60. The summed E-state index contributed by atoms with van der Waals surface area (Å²) in [6, 6.07) is 0.969. The molecule has 1 aliphatic carbocycles. The smallest absolute Gasteiger partial charge is 0.0365 e. The molecule has 0 amide bonds. The Hall–Kier alpha value is -0.0400. The lowest BCUT2D eigenvalue weighted by molar-refractivity contribution is 0.298. The van der Waals surface area contributed by atoms with E-state index in [4.69, 9.17) is 0 Å². The van der Waals surface area contributed by atoms with Crippen molar-refractivity contribution in [3.63, 3.8) is 0 Å². The molecule has 1 nitrogen and oxygen atoms in total. The number of nitrogens with zero attached hydrogens (tertiary/aromatic N) is 1. The van der Waals surface area contributed by atoms with Gasteiger partial charge in [-0.2, -0.15) is 0 Å². The molecule has 0 aromatic carbocycles. The van der Waals surface area contributed by atoms with Gasteiger partial charge in [0.25, 0.3) is 0 Å². The van der Waals surface area contributed by atoms with Crippen molar-refractivity contribution in [3.8, 4) is 0 Å². The topological polar surface area (TPSA) is 3.01 Å². The molecule has 0 radical (unpaired) electrons. The monoisotopic (exact) mass is 153 g/mol. The van der Waals surface area contributed by atoms with Crippen LogP contribution in [0, 0.1) is 0 Å². The van der Waals surface area contributed by atoms with E-state index >= 15 is 0 Å². The minimum absolute atomic E-state index is 0.731. The van der Waals surface area contributed by atoms with Crippen molar-refractivity contribution in [1.29, 1.82) is 0 Å². The lowest BCUT2D eigenvalue weighted by atomic mass is 9.80. The lowest BCUT2D eigenvalue weighted by Crippen LogP contribution is -2.27. The normalized spacial score (nSPS) is 38.7. The molecule has 1 saturated carbocycles. The Morgan fingerprint density at radius 3 is 2.55 bits per heavy atom. The average molecular weight is 153 g/mol. The van der Waals surface area contributed by atoms with Crippen LogP contribution in [-0.4, -0.2) is 23.5 Å². The summed E-state index contributed by atoms with van der Waals surface area (Å²) < 4.78 is 0. The first-order valence-corrected chi connectivity index (χ1v) is 5.04. The van der Waals surface area contributed by atoms with Crippen molar-refractivity contribution < 1.29 is 0 Å². The first-order chi connectivity index (χ1) is 5.31. The van der Waals surface area contributed by atoms with E-state index in [-0.39, 0.29) is 0 Å². The maximum absolute atomic E-state index is 2.60. The molecule has 0 aromatic rings. The summed E-state index contributed by atoms with van der Waals surface area (Å²) in [4.78, 5) is 2.60. The van der Waals surface area contributed by atoms with E-state index in [2.05, 4.69) is 18.9 Å². The van der Waals surface area contributed by atoms with E-state index in [1.54, 1.807) is 0 Å². The molecule has 1 heterocycles. The molecule has 2 aliphatic rings. The van der Waals surface area contributed by atoms with Crippen LogP contribution in [0.5, 0.6) is 0 Å². The Kier molecular flexibility index (Phi) is 1.71. The van der Waals surface area contributed by atoms with Crippen molar-refractivity contribution >= 4 is 0 Å². The van der Waals surface area contributed by atoms with Crippen LogP contribution in [0.1, 0.15) is 45.4 Å². The number of hydrogen-bond acceptors (Lipinski definition) is 1. The minimum Gasteiger partial charge on any atom is -0.294 e. The summed E-state index contributed by atoms with van der Waals surface area (Å²) in [5, 5.41) is 0. The van der Waals surface area contributed by atoms with Gasteiger partial charge < -0.3 is 0 Å². The molecule has 11 heavy (non-hydrogen) atoms. The molecule has 0 N–H and O–H groups in total. The number of likely N-dealkylation sites (N-methyl/N-ethyl adjacent to an activating group) is 1. The fourth-order valence-corrected chi connectivity index (χ4v) is 2.69. The third kappa shape index (κ3) is 0.936. The summed E-state index contributed by atoms with van der Waals surface area (Å²) >= 11 is 0. The Morgan fingerprint density at radius 2 is 2.18 bits per heavy atom. The van der Waals surface area contributed by atoms with Crippen LogP contribution in [0.25, 0.3) is 0 Å². The molecule has 1 heteroatoms. The van der Waals surface area contributed by atoms with Gasteiger partial charge in [-0.15, -0.1) is 0 Å². The Balaban J connectivity index is 1.80. The van der Waals surface area contributed by atoms with Gasteiger partial charge in [-0.1, -0.05) is 19.8 Å². The molecule has 1 unspecified atom stereocenters. The Morgan fingerprint density at radius 1 is 1.45 bits per heavy atom. The third-order valence-corrected chi connectivity index (χ3v) is 3.77. The van der Waals surface area contributed by atoms with Crippen LogP contribution < -0.4 is 0 Å². The zero-order valence-electron chi connectivity index (χ0n) is 7.77. The first kappa shape index (κ1) is 7.60. The minimum atomic E-state index is 0.731. The number of hydrogen-bond donors (Lipinski definition) is 0. The fourth-order valence-electron chi connectivity index (χ4n) is 2.69. The van der Waals surface area contributed by atoms with Crippen LogP contribution >= 0.6 is 0 Å². The van der Waals surface area contributed by atoms with Crippen LogP contribution in [0.3, 0.4) is 0 Å². The van der Waals surface area contributed by atoms with Crippen molar-refractivity contribution in [2.24, 2.45) is 0 Å². The molecule has 1 saturated heterocycles. The van der Waals surface area contributed by atoms with E-state index in [0.29, 0.717) is 0 Å². The van der Waals surface area contributed by atoms with Gasteiger partial charge in [0, 0.05) is 11.6 Å². The van der Waals surface area contributed by atoms with Crippen molar-refractivity contribution in [2.75, 3.05) is 7.05 Å². The Bertz CT molecular complexity index is 149. The second-order valence-electron chi connectivity index (χ2n) is 4.23. The van der Waals surface area contributed by atoms with Gasteiger partial charge in [0.05, 0.1) is 0 Å². The Labute approximate surface area is 69.8 Å². The SMILES string of the molecule is CCCC[C@@H]1N(C)C12CCC2. The molecule has 1 spiro atoms. The van der Waals surface area contributed by atoms with Crippen molar-refractivity contribution in [2.45, 2.75) is 57.0 Å². The molecule has 2 fully saturated rings. The molecule has 2 atom stereocenters. The molecule has 2 rings (SSSR count). The molecule has 64 valence electrons. The predicted molar refractivity (Wildman–Crippen MR) is 47.7 cm³/mol. The van der Waals surface area contributed by atoms with E-state index in [1.165, 1.54) is 38.5 Å². The van der Waals surface area contributed by atoms with Gasteiger partial charge in [0.15, 0.2) is 0 Å².